The quantitative estimate of drug-likeness (QED) is 0.390. The normalized spacial score (nSPS) is 24.1. The molecule has 4 heteroatoms. The van der Waals surface area contributed by atoms with Gasteiger partial charge in [-0.2, -0.15) is 0 Å². The standard InChI is InChI=1S/C6H9NO3/c1-10-6(9)4-2-3-7-5(4)8/h4H,2-3H2,1H3,(H,7,8)/t4-/m1/s1. The van der Waals surface area contributed by atoms with Gasteiger partial charge in [0.05, 0.1) is 7.11 Å². The Labute approximate surface area is 58.5 Å². The van der Waals surface area contributed by atoms with E-state index < -0.39 is 11.9 Å². The minimum atomic E-state index is -0.565. The lowest BCUT2D eigenvalue weighted by atomic mass is 10.1. The SMILES string of the molecule is COC(=O)[C@@H]1CCNC1=O. The monoisotopic (exact) mass is 143 g/mol. The van der Waals surface area contributed by atoms with Crippen molar-refractivity contribution in [2.75, 3.05) is 13.7 Å². The number of ether oxygens (including phenoxy) is 1. The predicted octanol–water partition coefficient (Wildman–Crippen LogP) is -0.705. The van der Waals surface area contributed by atoms with Crippen molar-refractivity contribution in [3.05, 3.63) is 0 Å². The zero-order valence-corrected chi connectivity index (χ0v) is 5.72. The summed E-state index contributed by atoms with van der Waals surface area (Å²) >= 11 is 0. The van der Waals surface area contributed by atoms with E-state index in [2.05, 4.69) is 10.1 Å². The van der Waals surface area contributed by atoms with Crippen LogP contribution in [0.4, 0.5) is 0 Å². The Kier molecular flexibility index (Phi) is 1.89. The third-order valence-electron chi connectivity index (χ3n) is 1.53. The number of hydrogen-bond donors (Lipinski definition) is 1. The van der Waals surface area contributed by atoms with Crippen molar-refractivity contribution >= 4 is 11.9 Å². The highest BCUT2D eigenvalue weighted by atomic mass is 16.5. The average Bonchev–Trinajstić information content (AvgIpc) is 2.34. The Morgan fingerprint density at radius 2 is 2.50 bits per heavy atom. The van der Waals surface area contributed by atoms with Gasteiger partial charge >= 0.3 is 5.97 Å². The Bertz CT molecular complexity index is 166. The van der Waals surface area contributed by atoms with Gasteiger partial charge < -0.3 is 10.1 Å². The van der Waals surface area contributed by atoms with Gasteiger partial charge in [-0.25, -0.2) is 0 Å². The molecule has 1 rings (SSSR count). The van der Waals surface area contributed by atoms with Crippen LogP contribution >= 0.6 is 0 Å². The topological polar surface area (TPSA) is 55.4 Å². The number of amides is 1. The Balaban J connectivity index is 2.55. The molecule has 0 aromatic carbocycles. The molecule has 1 heterocycles. The third kappa shape index (κ3) is 1.10. The van der Waals surface area contributed by atoms with E-state index in [0.717, 1.165) is 0 Å². The van der Waals surface area contributed by atoms with Gasteiger partial charge in [0, 0.05) is 6.54 Å². The summed E-state index contributed by atoms with van der Waals surface area (Å²) in [6, 6.07) is 0. The first-order valence-electron chi connectivity index (χ1n) is 3.11. The van der Waals surface area contributed by atoms with Crippen molar-refractivity contribution in [2.45, 2.75) is 6.42 Å². The van der Waals surface area contributed by atoms with Gasteiger partial charge in [-0.1, -0.05) is 0 Å². The summed E-state index contributed by atoms with van der Waals surface area (Å²) in [5, 5.41) is 2.55. The summed E-state index contributed by atoms with van der Waals surface area (Å²) in [6.45, 7) is 0.582. The van der Waals surface area contributed by atoms with Crippen LogP contribution in [-0.4, -0.2) is 25.5 Å². The highest BCUT2D eigenvalue weighted by Gasteiger charge is 2.31. The maximum absolute atomic E-state index is 10.8. The largest absolute Gasteiger partial charge is 0.468 e. The van der Waals surface area contributed by atoms with E-state index in [-0.39, 0.29) is 5.91 Å². The Morgan fingerprint density at radius 3 is 2.90 bits per heavy atom. The van der Waals surface area contributed by atoms with E-state index in [1.807, 2.05) is 0 Å². The van der Waals surface area contributed by atoms with Crippen molar-refractivity contribution in [3.63, 3.8) is 0 Å². The summed E-state index contributed by atoms with van der Waals surface area (Å²) in [5.74, 6) is -1.22. The minimum Gasteiger partial charge on any atom is -0.468 e. The third-order valence-corrected chi connectivity index (χ3v) is 1.53. The molecule has 1 amide bonds. The minimum absolute atomic E-state index is 0.216. The first-order chi connectivity index (χ1) is 4.75. The maximum Gasteiger partial charge on any atom is 0.318 e. The fourth-order valence-electron chi connectivity index (χ4n) is 0.961. The van der Waals surface area contributed by atoms with Gasteiger partial charge in [0.15, 0.2) is 0 Å². The molecule has 0 spiro atoms. The lowest BCUT2D eigenvalue weighted by molar-refractivity contribution is -0.148. The van der Waals surface area contributed by atoms with E-state index in [1.54, 1.807) is 0 Å². The molecule has 56 valence electrons. The van der Waals surface area contributed by atoms with Crippen LogP contribution < -0.4 is 5.32 Å². The second kappa shape index (κ2) is 2.68. The second-order valence-corrected chi connectivity index (χ2v) is 2.16. The number of esters is 1. The van der Waals surface area contributed by atoms with Crippen LogP contribution in [-0.2, 0) is 14.3 Å². The molecule has 1 aliphatic rings. The molecule has 0 unspecified atom stereocenters. The molecule has 0 aliphatic carbocycles. The summed E-state index contributed by atoms with van der Waals surface area (Å²) in [6.07, 6.45) is 0.561. The molecule has 0 saturated carbocycles. The van der Waals surface area contributed by atoms with Gasteiger partial charge in [-0.05, 0) is 6.42 Å². The summed E-state index contributed by atoms with van der Waals surface area (Å²) in [4.78, 5) is 21.5. The molecule has 0 radical (unpaired) electrons. The zero-order valence-electron chi connectivity index (χ0n) is 5.72. The van der Waals surface area contributed by atoms with Crippen LogP contribution in [0.3, 0.4) is 0 Å². The Morgan fingerprint density at radius 1 is 1.80 bits per heavy atom. The van der Waals surface area contributed by atoms with Crippen LogP contribution in [0.15, 0.2) is 0 Å². The maximum atomic E-state index is 10.8. The van der Waals surface area contributed by atoms with Crippen LogP contribution in [0.25, 0.3) is 0 Å². The Hall–Kier alpha value is -1.06. The molecule has 0 aromatic heterocycles. The van der Waals surface area contributed by atoms with E-state index in [9.17, 15) is 9.59 Å². The van der Waals surface area contributed by atoms with Crippen molar-refractivity contribution in [2.24, 2.45) is 5.92 Å². The number of carbonyl (C=O) groups excluding carboxylic acids is 2. The number of nitrogens with one attached hydrogen (secondary N) is 1. The van der Waals surface area contributed by atoms with Gasteiger partial charge in [0.25, 0.3) is 0 Å². The van der Waals surface area contributed by atoms with E-state index in [1.165, 1.54) is 7.11 Å². The lowest BCUT2D eigenvalue weighted by Gasteiger charge is -2.01. The van der Waals surface area contributed by atoms with Gasteiger partial charge in [-0.15, -0.1) is 0 Å². The number of methoxy groups -OCH3 is 1. The molecule has 10 heavy (non-hydrogen) atoms. The molecule has 1 N–H and O–H groups in total. The summed E-state index contributed by atoms with van der Waals surface area (Å²) in [7, 11) is 1.29. The summed E-state index contributed by atoms with van der Waals surface area (Å²) < 4.78 is 4.40. The first kappa shape index (κ1) is 7.05. The van der Waals surface area contributed by atoms with Crippen molar-refractivity contribution in [3.8, 4) is 0 Å². The number of hydrogen-bond acceptors (Lipinski definition) is 3. The van der Waals surface area contributed by atoms with E-state index >= 15 is 0 Å². The van der Waals surface area contributed by atoms with Gasteiger partial charge in [0.1, 0.15) is 5.92 Å². The number of rotatable bonds is 1. The molecule has 0 aromatic rings. The fourth-order valence-corrected chi connectivity index (χ4v) is 0.961. The zero-order chi connectivity index (χ0) is 7.56. The molecule has 1 saturated heterocycles. The molecule has 1 aliphatic heterocycles. The molecular weight excluding hydrogens is 134 g/mol. The highest BCUT2D eigenvalue weighted by Crippen LogP contribution is 2.09. The molecule has 1 atom stereocenters. The lowest BCUT2D eigenvalue weighted by Crippen LogP contribution is -2.25. The average molecular weight is 143 g/mol. The van der Waals surface area contributed by atoms with Gasteiger partial charge in [0.2, 0.25) is 5.91 Å². The second-order valence-electron chi connectivity index (χ2n) is 2.16. The van der Waals surface area contributed by atoms with E-state index in [0.29, 0.717) is 13.0 Å². The molecular formula is C6H9NO3. The molecule has 0 bridgehead atoms. The molecule has 4 nitrogen and oxygen atoms in total. The fraction of sp³-hybridized carbons (Fsp3) is 0.667. The van der Waals surface area contributed by atoms with Crippen LogP contribution in [0, 0.1) is 5.92 Å². The van der Waals surface area contributed by atoms with Crippen molar-refractivity contribution in [1.29, 1.82) is 0 Å². The first-order valence-corrected chi connectivity index (χ1v) is 3.11. The predicted molar refractivity (Wildman–Crippen MR) is 33.1 cm³/mol. The number of carbonyl (C=O) groups is 2. The smallest absolute Gasteiger partial charge is 0.318 e. The van der Waals surface area contributed by atoms with Crippen molar-refractivity contribution in [1.82, 2.24) is 5.32 Å². The highest BCUT2D eigenvalue weighted by molar-refractivity contribution is 5.99. The van der Waals surface area contributed by atoms with Crippen LogP contribution in [0.5, 0.6) is 0 Å². The molecule has 1 fully saturated rings. The van der Waals surface area contributed by atoms with Crippen molar-refractivity contribution < 1.29 is 14.3 Å². The van der Waals surface area contributed by atoms with E-state index in [4.69, 9.17) is 0 Å². The van der Waals surface area contributed by atoms with Gasteiger partial charge in [-0.3, -0.25) is 9.59 Å². The summed E-state index contributed by atoms with van der Waals surface area (Å²) in [5.41, 5.74) is 0. The van der Waals surface area contributed by atoms with Crippen LogP contribution in [0.1, 0.15) is 6.42 Å². The van der Waals surface area contributed by atoms with Crippen LogP contribution in [0.2, 0.25) is 0 Å².